The van der Waals surface area contributed by atoms with E-state index in [4.69, 9.17) is 4.74 Å². The number of hydrogen-bond acceptors (Lipinski definition) is 6. The van der Waals surface area contributed by atoms with Crippen molar-refractivity contribution in [3.63, 3.8) is 0 Å². The highest BCUT2D eigenvalue weighted by Gasteiger charge is 2.46. The molecule has 2 aromatic heterocycles. The number of fused-ring (bicyclic) bond motifs is 1. The van der Waals surface area contributed by atoms with E-state index in [2.05, 4.69) is 30.3 Å². The van der Waals surface area contributed by atoms with Gasteiger partial charge in [0.05, 0.1) is 17.3 Å². The number of carbonyl (C=O) groups excluding carboxylic acids is 2. The molecule has 37 heavy (non-hydrogen) atoms. The second-order valence-electron chi connectivity index (χ2n) is 9.02. The molecule has 1 fully saturated rings. The topological polar surface area (TPSA) is 87.4 Å². The minimum Gasteiger partial charge on any atom is -0.505 e. The van der Waals surface area contributed by atoms with Crippen molar-refractivity contribution >= 4 is 23.1 Å². The Morgan fingerprint density at radius 3 is 2.70 bits per heavy atom. The number of aliphatic hydroxyl groups excluding tert-OH is 1. The smallest absolute Gasteiger partial charge is 0.295 e. The number of pyridine rings is 1. The molecule has 0 radical (unpaired) electrons. The first-order valence-corrected chi connectivity index (χ1v) is 12.7. The number of imidazole rings is 1. The van der Waals surface area contributed by atoms with Crippen LogP contribution >= 0.6 is 0 Å². The number of carbonyl (C=O) groups is 2. The summed E-state index contributed by atoms with van der Waals surface area (Å²) < 4.78 is 7.46. The second-order valence-corrected chi connectivity index (χ2v) is 9.02. The van der Waals surface area contributed by atoms with Crippen molar-refractivity contribution in [2.24, 2.45) is 0 Å². The molecule has 1 unspecified atom stereocenters. The highest BCUT2D eigenvalue weighted by Crippen LogP contribution is 2.40. The monoisotopic (exact) mass is 502 g/mol. The summed E-state index contributed by atoms with van der Waals surface area (Å²) in [4.78, 5) is 35.2. The van der Waals surface area contributed by atoms with Gasteiger partial charge in [0.25, 0.3) is 11.7 Å². The van der Waals surface area contributed by atoms with E-state index in [1.807, 2.05) is 42.5 Å². The van der Waals surface area contributed by atoms with Crippen molar-refractivity contribution in [2.75, 3.05) is 32.8 Å². The number of hydrogen-bond donors (Lipinski definition) is 1. The lowest BCUT2D eigenvalue weighted by Crippen LogP contribution is -2.33. The van der Waals surface area contributed by atoms with Gasteiger partial charge in [-0.1, -0.05) is 44.7 Å². The number of ketones is 1. The third kappa shape index (κ3) is 5.15. The molecular formula is C29H34N4O4. The Morgan fingerprint density at radius 1 is 1.19 bits per heavy atom. The SMILES string of the molecule is C=CCOc1cccc(C2C(=C(O)c3c(C)nc4ccccn34)C(=O)C(=O)N2CCCN(CC)CC)c1. The van der Waals surface area contributed by atoms with Crippen LogP contribution in [0.1, 0.15) is 43.3 Å². The number of ether oxygens (including phenoxy) is 1. The van der Waals surface area contributed by atoms with Crippen molar-refractivity contribution in [3.05, 3.63) is 83.8 Å². The Bertz CT molecular complexity index is 1340. The molecule has 1 amide bonds. The maximum atomic E-state index is 13.5. The van der Waals surface area contributed by atoms with Crippen LogP contribution in [0.5, 0.6) is 5.75 Å². The molecule has 1 atom stereocenters. The van der Waals surface area contributed by atoms with Gasteiger partial charge >= 0.3 is 0 Å². The van der Waals surface area contributed by atoms with Gasteiger partial charge in [-0.15, -0.1) is 0 Å². The normalized spacial score (nSPS) is 17.2. The van der Waals surface area contributed by atoms with Crippen LogP contribution in [0.15, 0.2) is 66.9 Å². The predicted molar refractivity (Wildman–Crippen MR) is 143 cm³/mol. The quantitative estimate of drug-likeness (QED) is 0.181. The molecule has 1 aromatic carbocycles. The van der Waals surface area contributed by atoms with Gasteiger partial charge in [-0.25, -0.2) is 4.98 Å². The summed E-state index contributed by atoms with van der Waals surface area (Å²) >= 11 is 0. The van der Waals surface area contributed by atoms with Crippen LogP contribution in [0.4, 0.5) is 0 Å². The fourth-order valence-electron chi connectivity index (χ4n) is 4.92. The van der Waals surface area contributed by atoms with Gasteiger partial charge in [-0.3, -0.25) is 14.0 Å². The summed E-state index contributed by atoms with van der Waals surface area (Å²) in [5.41, 5.74) is 2.37. The lowest BCUT2D eigenvalue weighted by atomic mass is 9.96. The number of Topliss-reactive ketones (excluding diaryl/α,β-unsaturated/α-hetero) is 1. The Kier molecular flexibility index (Phi) is 8.08. The van der Waals surface area contributed by atoms with Crippen molar-refractivity contribution < 1.29 is 19.4 Å². The molecule has 194 valence electrons. The zero-order chi connectivity index (χ0) is 26.5. The summed E-state index contributed by atoms with van der Waals surface area (Å²) in [7, 11) is 0. The summed E-state index contributed by atoms with van der Waals surface area (Å²) in [6.45, 7) is 13.0. The third-order valence-corrected chi connectivity index (χ3v) is 6.78. The molecule has 8 heteroatoms. The van der Waals surface area contributed by atoms with Crippen LogP contribution in [-0.4, -0.2) is 68.8 Å². The van der Waals surface area contributed by atoms with Gasteiger partial charge in [0, 0.05) is 12.7 Å². The third-order valence-electron chi connectivity index (χ3n) is 6.78. The summed E-state index contributed by atoms with van der Waals surface area (Å²) in [5, 5.41) is 11.6. The average molecular weight is 503 g/mol. The van der Waals surface area contributed by atoms with E-state index in [-0.39, 0.29) is 11.3 Å². The minimum absolute atomic E-state index is 0.0578. The molecule has 4 rings (SSSR count). The van der Waals surface area contributed by atoms with Gasteiger partial charge in [0.15, 0.2) is 5.76 Å². The van der Waals surface area contributed by atoms with Gasteiger partial charge in [-0.2, -0.15) is 0 Å². The van der Waals surface area contributed by atoms with E-state index in [0.29, 0.717) is 47.9 Å². The number of aromatic nitrogens is 2. The van der Waals surface area contributed by atoms with Gasteiger partial charge < -0.3 is 19.6 Å². The Hall–Kier alpha value is -3.91. The van der Waals surface area contributed by atoms with E-state index in [1.165, 1.54) is 0 Å². The summed E-state index contributed by atoms with van der Waals surface area (Å²) in [5.74, 6) is -0.955. The molecule has 3 aromatic rings. The molecule has 0 saturated carbocycles. The average Bonchev–Trinajstić information content (AvgIpc) is 3.38. The minimum atomic E-state index is -0.752. The lowest BCUT2D eigenvalue weighted by Gasteiger charge is -2.27. The molecule has 1 aliphatic heterocycles. The van der Waals surface area contributed by atoms with Gasteiger partial charge in [0.1, 0.15) is 23.7 Å². The largest absolute Gasteiger partial charge is 0.505 e. The Morgan fingerprint density at radius 2 is 1.97 bits per heavy atom. The van der Waals surface area contributed by atoms with Gasteiger partial charge in [0.2, 0.25) is 0 Å². The van der Waals surface area contributed by atoms with E-state index >= 15 is 0 Å². The van der Waals surface area contributed by atoms with Crippen LogP contribution < -0.4 is 4.74 Å². The van der Waals surface area contributed by atoms with Crippen LogP contribution in [0.2, 0.25) is 0 Å². The van der Waals surface area contributed by atoms with Crippen molar-refractivity contribution in [3.8, 4) is 5.75 Å². The zero-order valence-electron chi connectivity index (χ0n) is 21.7. The van der Waals surface area contributed by atoms with E-state index in [1.54, 1.807) is 28.5 Å². The van der Waals surface area contributed by atoms with Crippen molar-refractivity contribution in [1.82, 2.24) is 19.2 Å². The van der Waals surface area contributed by atoms with E-state index < -0.39 is 17.7 Å². The second kappa shape index (κ2) is 11.4. The summed E-state index contributed by atoms with van der Waals surface area (Å²) in [6, 6.07) is 12.1. The fourth-order valence-corrected chi connectivity index (χ4v) is 4.92. The number of rotatable bonds is 11. The number of aryl methyl sites for hydroxylation is 1. The molecule has 0 spiro atoms. The Labute approximate surface area is 217 Å². The Balaban J connectivity index is 1.82. The van der Waals surface area contributed by atoms with E-state index in [0.717, 1.165) is 19.6 Å². The molecule has 3 heterocycles. The lowest BCUT2D eigenvalue weighted by molar-refractivity contribution is -0.140. The maximum absolute atomic E-state index is 13.5. The van der Waals surface area contributed by atoms with Crippen LogP contribution in [-0.2, 0) is 9.59 Å². The number of likely N-dealkylation sites (tertiary alicyclic amines) is 1. The first-order valence-electron chi connectivity index (χ1n) is 12.7. The standard InChI is InChI=1S/C29H34N4O4/c1-5-18-37-22-13-10-12-21(19-22)26-24(27(34)25-20(4)30-23-14-8-9-16-32(23)25)28(35)29(36)33(26)17-11-15-31(6-2)7-3/h5,8-10,12-14,16,19,26,34H,1,6-7,11,15,17-18H2,2-4H3. The number of amides is 1. The molecule has 0 aliphatic carbocycles. The maximum Gasteiger partial charge on any atom is 0.295 e. The van der Waals surface area contributed by atoms with E-state index in [9.17, 15) is 14.7 Å². The fraction of sp³-hybridized carbons (Fsp3) is 0.345. The molecule has 1 aliphatic rings. The zero-order valence-corrected chi connectivity index (χ0v) is 21.7. The predicted octanol–water partition coefficient (Wildman–Crippen LogP) is 4.36. The first-order chi connectivity index (χ1) is 17.9. The number of nitrogens with zero attached hydrogens (tertiary/aromatic N) is 4. The molecule has 0 bridgehead atoms. The van der Waals surface area contributed by atoms with Gasteiger partial charge in [-0.05, 0) is 62.8 Å². The van der Waals surface area contributed by atoms with Crippen LogP contribution in [0.25, 0.3) is 11.4 Å². The number of benzene rings is 1. The van der Waals surface area contributed by atoms with Crippen LogP contribution in [0.3, 0.4) is 0 Å². The molecule has 8 nitrogen and oxygen atoms in total. The highest BCUT2D eigenvalue weighted by molar-refractivity contribution is 6.46. The first kappa shape index (κ1) is 26.2. The molecule has 1 saturated heterocycles. The summed E-state index contributed by atoms with van der Waals surface area (Å²) in [6.07, 6.45) is 4.13. The molecular weight excluding hydrogens is 468 g/mol. The number of aliphatic hydroxyl groups is 1. The van der Waals surface area contributed by atoms with Crippen molar-refractivity contribution in [1.29, 1.82) is 0 Å². The molecule has 1 N–H and O–H groups in total. The van der Waals surface area contributed by atoms with Crippen LogP contribution in [0, 0.1) is 6.92 Å². The highest BCUT2D eigenvalue weighted by atomic mass is 16.5. The van der Waals surface area contributed by atoms with Crippen molar-refractivity contribution in [2.45, 2.75) is 33.2 Å².